The highest BCUT2D eigenvalue weighted by atomic mass is 16.4. The monoisotopic (exact) mass is 221 g/mol. The molecule has 5 heteroatoms. The number of hydrogen-bond acceptors (Lipinski definition) is 4. The van der Waals surface area contributed by atoms with Crippen LogP contribution in [-0.4, -0.2) is 14.9 Å². The van der Waals surface area contributed by atoms with Crippen LogP contribution in [-0.2, 0) is 20.2 Å². The SMILES string of the molecule is Cc1c(NCc2ccc(CO)o2)cnn1C. The number of nitrogens with one attached hydrogen (secondary N) is 1. The average Bonchev–Trinajstić information content (AvgIpc) is 2.86. The molecule has 5 nitrogen and oxygen atoms in total. The normalized spacial score (nSPS) is 10.7. The second-order valence-corrected chi connectivity index (χ2v) is 3.65. The van der Waals surface area contributed by atoms with E-state index in [1.807, 2.05) is 24.7 Å². The van der Waals surface area contributed by atoms with Gasteiger partial charge in [0.05, 0.1) is 24.1 Å². The molecule has 0 aliphatic rings. The average molecular weight is 221 g/mol. The first-order valence-electron chi connectivity index (χ1n) is 5.11. The van der Waals surface area contributed by atoms with Gasteiger partial charge in [0, 0.05) is 7.05 Å². The quantitative estimate of drug-likeness (QED) is 0.819. The van der Waals surface area contributed by atoms with Gasteiger partial charge < -0.3 is 14.8 Å². The summed E-state index contributed by atoms with van der Waals surface area (Å²) in [6.45, 7) is 2.52. The van der Waals surface area contributed by atoms with Crippen molar-refractivity contribution < 1.29 is 9.52 Å². The Kier molecular flexibility index (Phi) is 2.96. The number of aliphatic hydroxyl groups excluding tert-OH is 1. The summed E-state index contributed by atoms with van der Waals surface area (Å²) >= 11 is 0. The number of aryl methyl sites for hydroxylation is 1. The van der Waals surface area contributed by atoms with Crippen LogP contribution >= 0.6 is 0 Å². The number of anilines is 1. The number of hydrogen-bond donors (Lipinski definition) is 2. The number of furan rings is 1. The van der Waals surface area contributed by atoms with Crippen molar-refractivity contribution >= 4 is 5.69 Å². The topological polar surface area (TPSA) is 63.2 Å². The predicted molar refractivity (Wildman–Crippen MR) is 59.9 cm³/mol. The van der Waals surface area contributed by atoms with Crippen LogP contribution in [0.3, 0.4) is 0 Å². The van der Waals surface area contributed by atoms with Crippen LogP contribution in [0.2, 0.25) is 0 Å². The molecule has 2 aromatic heterocycles. The van der Waals surface area contributed by atoms with Crippen molar-refractivity contribution in [3.05, 3.63) is 35.5 Å². The highest BCUT2D eigenvalue weighted by Gasteiger charge is 2.05. The fourth-order valence-electron chi connectivity index (χ4n) is 1.46. The molecule has 2 aromatic rings. The van der Waals surface area contributed by atoms with Crippen LogP contribution in [0.4, 0.5) is 5.69 Å². The minimum atomic E-state index is -0.0636. The van der Waals surface area contributed by atoms with E-state index in [9.17, 15) is 0 Å². The van der Waals surface area contributed by atoms with Gasteiger partial charge in [-0.25, -0.2) is 0 Å². The summed E-state index contributed by atoms with van der Waals surface area (Å²) in [5, 5.41) is 16.2. The molecule has 0 bridgehead atoms. The van der Waals surface area contributed by atoms with E-state index in [1.54, 1.807) is 12.3 Å². The van der Waals surface area contributed by atoms with Crippen molar-refractivity contribution in [1.82, 2.24) is 9.78 Å². The molecule has 86 valence electrons. The van der Waals surface area contributed by atoms with E-state index in [0.717, 1.165) is 17.1 Å². The molecule has 2 heterocycles. The maximum absolute atomic E-state index is 8.86. The molecule has 0 aromatic carbocycles. The minimum absolute atomic E-state index is 0.0636. The Morgan fingerprint density at radius 3 is 2.75 bits per heavy atom. The molecule has 2 rings (SSSR count). The minimum Gasteiger partial charge on any atom is -0.462 e. The van der Waals surface area contributed by atoms with Crippen molar-refractivity contribution in [2.45, 2.75) is 20.1 Å². The molecule has 0 aliphatic carbocycles. The Hall–Kier alpha value is -1.75. The van der Waals surface area contributed by atoms with Crippen molar-refractivity contribution in [1.29, 1.82) is 0 Å². The molecule has 0 saturated heterocycles. The van der Waals surface area contributed by atoms with E-state index in [0.29, 0.717) is 12.3 Å². The molecule has 0 aliphatic heterocycles. The lowest BCUT2D eigenvalue weighted by atomic mass is 10.3. The summed E-state index contributed by atoms with van der Waals surface area (Å²) in [5.74, 6) is 1.38. The molecule has 0 fully saturated rings. The van der Waals surface area contributed by atoms with E-state index < -0.39 is 0 Å². The summed E-state index contributed by atoms with van der Waals surface area (Å²) in [4.78, 5) is 0. The van der Waals surface area contributed by atoms with Crippen LogP contribution in [0.5, 0.6) is 0 Å². The molecule has 16 heavy (non-hydrogen) atoms. The van der Waals surface area contributed by atoms with Crippen LogP contribution < -0.4 is 5.32 Å². The van der Waals surface area contributed by atoms with Crippen molar-refractivity contribution in [2.24, 2.45) is 7.05 Å². The van der Waals surface area contributed by atoms with Crippen molar-refractivity contribution in [3.63, 3.8) is 0 Å². The van der Waals surface area contributed by atoms with Crippen LogP contribution in [0, 0.1) is 6.92 Å². The Morgan fingerprint density at radius 1 is 1.44 bits per heavy atom. The van der Waals surface area contributed by atoms with Gasteiger partial charge in [-0.2, -0.15) is 5.10 Å². The number of aromatic nitrogens is 2. The van der Waals surface area contributed by atoms with E-state index >= 15 is 0 Å². The predicted octanol–water partition coefficient (Wildman–Crippen LogP) is 1.43. The second kappa shape index (κ2) is 4.40. The largest absolute Gasteiger partial charge is 0.462 e. The summed E-state index contributed by atoms with van der Waals surface area (Å²) < 4.78 is 7.17. The van der Waals surface area contributed by atoms with Gasteiger partial charge >= 0.3 is 0 Å². The molecule has 2 N–H and O–H groups in total. The Labute approximate surface area is 93.7 Å². The van der Waals surface area contributed by atoms with Gasteiger partial charge in [-0.05, 0) is 19.1 Å². The highest BCUT2D eigenvalue weighted by molar-refractivity contribution is 5.45. The summed E-state index contributed by atoms with van der Waals surface area (Å²) in [6, 6.07) is 3.62. The fraction of sp³-hybridized carbons (Fsp3) is 0.364. The van der Waals surface area contributed by atoms with Crippen LogP contribution in [0.25, 0.3) is 0 Å². The zero-order valence-electron chi connectivity index (χ0n) is 9.40. The van der Waals surface area contributed by atoms with Gasteiger partial charge in [-0.15, -0.1) is 0 Å². The maximum Gasteiger partial charge on any atom is 0.129 e. The van der Waals surface area contributed by atoms with Crippen LogP contribution in [0.1, 0.15) is 17.2 Å². The third kappa shape index (κ3) is 2.09. The fourth-order valence-corrected chi connectivity index (χ4v) is 1.46. The molecule has 0 unspecified atom stereocenters. The summed E-state index contributed by atoms with van der Waals surface area (Å²) in [7, 11) is 1.90. The summed E-state index contributed by atoms with van der Waals surface area (Å²) in [6.07, 6.45) is 1.78. The van der Waals surface area contributed by atoms with E-state index in [-0.39, 0.29) is 6.61 Å². The van der Waals surface area contributed by atoms with E-state index in [1.165, 1.54) is 0 Å². The molecule has 0 radical (unpaired) electrons. The van der Waals surface area contributed by atoms with Gasteiger partial charge in [0.1, 0.15) is 18.1 Å². The van der Waals surface area contributed by atoms with E-state index in [4.69, 9.17) is 9.52 Å². The number of aliphatic hydroxyl groups is 1. The number of nitrogens with zero attached hydrogens (tertiary/aromatic N) is 2. The molecule has 0 saturated carbocycles. The van der Waals surface area contributed by atoms with E-state index in [2.05, 4.69) is 10.4 Å². The Balaban J connectivity index is 1.99. The molecular formula is C11H15N3O2. The van der Waals surface area contributed by atoms with Gasteiger partial charge in [0.2, 0.25) is 0 Å². The maximum atomic E-state index is 8.86. The first-order chi connectivity index (χ1) is 7.70. The zero-order valence-corrected chi connectivity index (χ0v) is 9.40. The third-order valence-electron chi connectivity index (χ3n) is 2.56. The molecule has 0 amide bonds. The van der Waals surface area contributed by atoms with Crippen LogP contribution in [0.15, 0.2) is 22.7 Å². The zero-order chi connectivity index (χ0) is 11.5. The first-order valence-corrected chi connectivity index (χ1v) is 5.11. The highest BCUT2D eigenvalue weighted by Crippen LogP contribution is 2.15. The van der Waals surface area contributed by atoms with Gasteiger partial charge in [0.25, 0.3) is 0 Å². The smallest absolute Gasteiger partial charge is 0.129 e. The molecular weight excluding hydrogens is 206 g/mol. The van der Waals surface area contributed by atoms with Crippen molar-refractivity contribution in [2.75, 3.05) is 5.32 Å². The van der Waals surface area contributed by atoms with Gasteiger partial charge in [0.15, 0.2) is 0 Å². The second-order valence-electron chi connectivity index (χ2n) is 3.65. The molecule has 0 atom stereocenters. The third-order valence-corrected chi connectivity index (χ3v) is 2.56. The van der Waals surface area contributed by atoms with Crippen molar-refractivity contribution in [3.8, 4) is 0 Å². The van der Waals surface area contributed by atoms with Gasteiger partial charge in [-0.1, -0.05) is 0 Å². The number of rotatable bonds is 4. The lowest BCUT2D eigenvalue weighted by Gasteiger charge is -2.03. The van der Waals surface area contributed by atoms with Gasteiger partial charge in [-0.3, -0.25) is 4.68 Å². The Morgan fingerprint density at radius 2 is 2.19 bits per heavy atom. The standard InChI is InChI=1S/C11H15N3O2/c1-8-11(6-13-14(8)2)12-5-9-3-4-10(7-15)16-9/h3-4,6,12,15H,5,7H2,1-2H3. The lowest BCUT2D eigenvalue weighted by Crippen LogP contribution is -2.00. The summed E-state index contributed by atoms with van der Waals surface area (Å²) in [5.41, 5.74) is 2.07. The Bertz CT molecular complexity index is 473. The lowest BCUT2D eigenvalue weighted by molar-refractivity contribution is 0.244. The first kappa shape index (κ1) is 10.8. The molecule has 0 spiro atoms.